The van der Waals surface area contributed by atoms with E-state index in [1.54, 1.807) is 11.8 Å². The molecule has 0 aromatic heterocycles. The van der Waals surface area contributed by atoms with Gasteiger partial charge in [0.2, 0.25) is 0 Å². The van der Waals surface area contributed by atoms with Gasteiger partial charge in [0.25, 0.3) is 0 Å². The molecule has 0 saturated heterocycles. The van der Waals surface area contributed by atoms with E-state index in [0.29, 0.717) is 0 Å². The van der Waals surface area contributed by atoms with Gasteiger partial charge < -0.3 is 0 Å². The molecule has 0 aliphatic carbocycles. The van der Waals surface area contributed by atoms with Crippen molar-refractivity contribution >= 4 is 11.8 Å². The Labute approximate surface area is 41.7 Å². The molecule has 0 aromatic carbocycles. The van der Waals surface area contributed by atoms with E-state index in [-0.39, 0.29) is 0 Å². The minimum Gasteiger partial charge on any atom is -0.185 e. The van der Waals surface area contributed by atoms with Crippen LogP contribution in [0.15, 0.2) is 12.7 Å². The smallest absolute Gasteiger partial charge is 0.134 e. The first-order valence-electron chi connectivity index (χ1n) is 1.41. The monoisotopic (exact) mass is 98.0 g/mol. The van der Waals surface area contributed by atoms with E-state index in [9.17, 15) is 0 Å². The molecule has 6 heavy (non-hydrogen) atoms. The second-order valence-corrected chi connectivity index (χ2v) is 1.27. The molecule has 0 bridgehead atoms. The van der Waals surface area contributed by atoms with Crippen LogP contribution < -0.4 is 0 Å². The molecule has 0 saturated carbocycles. The van der Waals surface area contributed by atoms with Gasteiger partial charge in [-0.3, -0.25) is 0 Å². The van der Waals surface area contributed by atoms with E-state index >= 15 is 0 Å². The van der Waals surface area contributed by atoms with Crippen LogP contribution in [0, 0.1) is 16.4 Å². The summed E-state index contributed by atoms with van der Waals surface area (Å²) in [4.78, 5) is 0. The first kappa shape index (κ1) is 5.58. The Balaban J connectivity index is 2.72. The van der Waals surface area contributed by atoms with Crippen LogP contribution in [0.1, 0.15) is 0 Å². The normalized spacial score (nSPS) is 6.50. The summed E-state index contributed by atoms with van der Waals surface area (Å²) in [5.74, 6) is 1.62. The molecule has 31 valence electrons. The van der Waals surface area contributed by atoms with E-state index in [1.807, 2.05) is 5.40 Å². The van der Waals surface area contributed by atoms with Crippen LogP contribution in [0.5, 0.6) is 0 Å². The lowest BCUT2D eigenvalue weighted by Crippen LogP contribution is -1.46. The summed E-state index contributed by atoms with van der Waals surface area (Å²) in [5, 5.41) is 9.69. The molecule has 0 aliphatic heterocycles. The summed E-state index contributed by atoms with van der Waals surface area (Å²) in [5.41, 5.74) is 0. The zero-order chi connectivity index (χ0) is 4.83. The van der Waals surface area contributed by atoms with Crippen LogP contribution in [0.3, 0.4) is 0 Å². The summed E-state index contributed by atoms with van der Waals surface area (Å²) >= 11 is 1.07. The first-order chi connectivity index (χ1) is 2.91. The summed E-state index contributed by atoms with van der Waals surface area (Å²) in [6.45, 7) is 3.37. The van der Waals surface area contributed by atoms with Crippen molar-refractivity contribution in [3.05, 3.63) is 18.4 Å². The first-order valence-corrected chi connectivity index (χ1v) is 2.28. The number of thiocyanates is 1. The van der Waals surface area contributed by atoms with E-state index in [1.165, 1.54) is 0 Å². The average molecular weight is 98.2 g/mol. The fourth-order valence-corrected chi connectivity index (χ4v) is 0.236. The van der Waals surface area contributed by atoms with Crippen molar-refractivity contribution in [2.75, 3.05) is 0 Å². The highest BCUT2D eigenvalue weighted by molar-refractivity contribution is 8.05. The number of hydrogen-bond donors (Lipinski definition) is 0. The Kier molecular flexibility index (Phi) is 4.26. The van der Waals surface area contributed by atoms with Crippen molar-refractivity contribution in [2.45, 2.75) is 0 Å². The molecule has 0 N–H and O–H groups in total. The van der Waals surface area contributed by atoms with Crippen LogP contribution in [0.4, 0.5) is 0 Å². The van der Waals surface area contributed by atoms with Crippen molar-refractivity contribution in [3.63, 3.8) is 0 Å². The van der Waals surface area contributed by atoms with E-state index in [0.717, 1.165) is 11.8 Å². The van der Waals surface area contributed by atoms with Gasteiger partial charge >= 0.3 is 0 Å². The minimum absolute atomic E-state index is 1.07. The Morgan fingerprint density at radius 1 is 1.83 bits per heavy atom. The van der Waals surface area contributed by atoms with Crippen LogP contribution >= 0.6 is 11.8 Å². The van der Waals surface area contributed by atoms with Gasteiger partial charge in [-0.05, 0) is 11.8 Å². The zero-order valence-electron chi connectivity index (χ0n) is 3.22. The van der Waals surface area contributed by atoms with Gasteiger partial charge in [-0.1, -0.05) is 6.08 Å². The highest BCUT2D eigenvalue weighted by Crippen LogP contribution is 1.99. The van der Waals surface area contributed by atoms with Gasteiger partial charge in [-0.2, -0.15) is 5.26 Å². The molecule has 2 heteroatoms. The van der Waals surface area contributed by atoms with Gasteiger partial charge in [0.15, 0.2) is 0 Å². The van der Waals surface area contributed by atoms with E-state index in [2.05, 4.69) is 6.58 Å². The molecule has 0 spiro atoms. The molecule has 1 radical (unpaired) electrons. The number of hydrogen-bond acceptors (Lipinski definition) is 2. The highest BCUT2D eigenvalue weighted by Gasteiger charge is 1.70. The third-order valence-electron chi connectivity index (χ3n) is 0.217. The maximum atomic E-state index is 7.83. The number of nitrogens with zero attached hydrogens (tertiary/aromatic N) is 1. The largest absolute Gasteiger partial charge is 0.185 e. The average Bonchev–Trinajstić information content (AvgIpc) is 1.61. The second-order valence-electron chi connectivity index (χ2n) is 0.581. The predicted octanol–water partition coefficient (Wildman–Crippen LogP) is 1.55. The zero-order valence-corrected chi connectivity index (χ0v) is 4.03. The molecular formula is C4H4NS. The summed E-state index contributed by atoms with van der Waals surface area (Å²) in [7, 11) is 0. The van der Waals surface area contributed by atoms with Crippen LogP contribution in [-0.2, 0) is 0 Å². The lowest BCUT2D eigenvalue weighted by Gasteiger charge is -1.69. The SMILES string of the molecule is C=C[CH]SC#N. The molecule has 0 aromatic rings. The third-order valence-corrected chi connectivity index (χ3v) is 0.651. The Hall–Kier alpha value is -0.420. The quantitative estimate of drug-likeness (QED) is 0.386. The molecule has 0 amide bonds. The van der Waals surface area contributed by atoms with Gasteiger partial charge in [0.05, 0.1) is 5.75 Å². The molecular weight excluding hydrogens is 94.1 g/mol. The minimum atomic E-state index is 1.07. The highest BCUT2D eigenvalue weighted by atomic mass is 32.2. The maximum absolute atomic E-state index is 7.83. The lowest BCUT2D eigenvalue weighted by atomic mass is 10.8. The fourth-order valence-electron chi connectivity index (χ4n) is 0.0785. The molecule has 0 aliphatic rings. The number of nitriles is 1. The third kappa shape index (κ3) is 3.58. The second kappa shape index (κ2) is 4.58. The Bertz CT molecular complexity index is 72.1. The maximum Gasteiger partial charge on any atom is 0.134 e. The van der Waals surface area contributed by atoms with Crippen molar-refractivity contribution in [1.29, 1.82) is 5.26 Å². The van der Waals surface area contributed by atoms with Crippen LogP contribution in [-0.4, -0.2) is 0 Å². The topological polar surface area (TPSA) is 23.8 Å². The number of thioether (sulfide) groups is 1. The molecule has 0 fully saturated rings. The molecule has 0 atom stereocenters. The molecule has 0 rings (SSSR count). The Morgan fingerprint density at radius 3 is 2.67 bits per heavy atom. The summed E-state index contributed by atoms with van der Waals surface area (Å²) in [6, 6.07) is 0. The van der Waals surface area contributed by atoms with Gasteiger partial charge in [0.1, 0.15) is 5.40 Å². The van der Waals surface area contributed by atoms with Crippen molar-refractivity contribution in [3.8, 4) is 5.40 Å². The van der Waals surface area contributed by atoms with Crippen molar-refractivity contribution < 1.29 is 0 Å². The van der Waals surface area contributed by atoms with Crippen molar-refractivity contribution in [1.82, 2.24) is 0 Å². The summed E-state index contributed by atoms with van der Waals surface area (Å²) in [6.07, 6.45) is 1.58. The van der Waals surface area contributed by atoms with E-state index < -0.39 is 0 Å². The molecule has 1 nitrogen and oxygen atoms in total. The van der Waals surface area contributed by atoms with Gasteiger partial charge in [0, 0.05) is 0 Å². The molecule has 0 unspecified atom stereocenters. The predicted molar refractivity (Wildman–Crippen MR) is 27.7 cm³/mol. The van der Waals surface area contributed by atoms with Gasteiger partial charge in [-0.25, -0.2) is 0 Å². The standard InChI is InChI=1S/C4H4NS/c1-2-3-6-4-5/h2-3H,1H2. The van der Waals surface area contributed by atoms with Crippen LogP contribution in [0.2, 0.25) is 0 Å². The fraction of sp³-hybridized carbons (Fsp3) is 0. The summed E-state index contributed by atoms with van der Waals surface area (Å²) < 4.78 is 0. The lowest BCUT2D eigenvalue weighted by molar-refractivity contribution is 1.57. The van der Waals surface area contributed by atoms with E-state index in [4.69, 9.17) is 5.26 Å². The number of rotatable bonds is 2. The molecule has 0 heterocycles. The van der Waals surface area contributed by atoms with Crippen LogP contribution in [0.25, 0.3) is 0 Å². The van der Waals surface area contributed by atoms with Gasteiger partial charge in [-0.15, -0.1) is 6.58 Å². The van der Waals surface area contributed by atoms with Crippen molar-refractivity contribution in [2.24, 2.45) is 0 Å². The Morgan fingerprint density at radius 2 is 2.50 bits per heavy atom.